The maximum atomic E-state index is 11.6. The maximum absolute atomic E-state index is 11.6. The molecule has 2 rings (SSSR count). The number of hydrogen-bond donors (Lipinski definition) is 1. The monoisotopic (exact) mass is 236 g/mol. The van der Waals surface area contributed by atoms with Crippen LogP contribution in [0.5, 0.6) is 0 Å². The molecular formula is C13H20N2O2. The summed E-state index contributed by atoms with van der Waals surface area (Å²) in [7, 11) is 0. The van der Waals surface area contributed by atoms with Crippen LogP contribution in [-0.2, 0) is 17.6 Å². The van der Waals surface area contributed by atoms with Gasteiger partial charge in [-0.05, 0) is 31.6 Å². The number of amides is 1. The summed E-state index contributed by atoms with van der Waals surface area (Å²) in [5.74, 6) is 1.25. The number of carbonyl (C=O) groups is 1. The van der Waals surface area contributed by atoms with Crippen LogP contribution in [0.15, 0.2) is 4.52 Å². The zero-order valence-electron chi connectivity index (χ0n) is 10.6. The number of nitrogens with one attached hydrogen (secondary N) is 1. The summed E-state index contributed by atoms with van der Waals surface area (Å²) < 4.78 is 5.23. The number of hydrogen-bond acceptors (Lipinski definition) is 3. The highest BCUT2D eigenvalue weighted by atomic mass is 16.5. The third-order valence-electron chi connectivity index (χ3n) is 3.31. The molecule has 1 N–H and O–H groups in total. The van der Waals surface area contributed by atoms with Gasteiger partial charge in [0.25, 0.3) is 0 Å². The lowest BCUT2D eigenvalue weighted by Crippen LogP contribution is -2.15. The van der Waals surface area contributed by atoms with Gasteiger partial charge in [0.15, 0.2) is 0 Å². The first-order chi connectivity index (χ1) is 8.20. The summed E-state index contributed by atoms with van der Waals surface area (Å²) in [6.07, 6.45) is 5.58. The van der Waals surface area contributed by atoms with Gasteiger partial charge in [-0.25, -0.2) is 0 Å². The summed E-state index contributed by atoms with van der Waals surface area (Å²) in [5.41, 5.74) is 2.13. The molecule has 0 spiro atoms. The summed E-state index contributed by atoms with van der Waals surface area (Å²) in [4.78, 5) is 11.6. The third-order valence-corrected chi connectivity index (χ3v) is 3.31. The first-order valence-corrected chi connectivity index (χ1v) is 6.48. The highest BCUT2D eigenvalue weighted by Gasteiger charge is 2.24. The predicted molar refractivity (Wildman–Crippen MR) is 65.8 cm³/mol. The van der Waals surface area contributed by atoms with Crippen LogP contribution in [0.1, 0.15) is 50.8 Å². The number of aromatic nitrogens is 1. The van der Waals surface area contributed by atoms with Gasteiger partial charge in [0.05, 0.1) is 5.69 Å². The van der Waals surface area contributed by atoms with Gasteiger partial charge in [0, 0.05) is 12.0 Å². The molecule has 17 heavy (non-hydrogen) atoms. The van der Waals surface area contributed by atoms with Crippen molar-refractivity contribution in [2.45, 2.75) is 52.4 Å². The molecule has 0 aliphatic heterocycles. The van der Waals surface area contributed by atoms with Gasteiger partial charge in [-0.1, -0.05) is 25.4 Å². The lowest BCUT2D eigenvalue weighted by Gasteiger charge is -2.16. The Bertz CT molecular complexity index is 398. The van der Waals surface area contributed by atoms with Crippen LogP contribution in [0, 0.1) is 5.92 Å². The molecule has 1 aliphatic carbocycles. The van der Waals surface area contributed by atoms with Crippen molar-refractivity contribution in [1.82, 2.24) is 5.16 Å². The number of nitrogens with zero attached hydrogens (tertiary/aromatic N) is 1. The Kier molecular flexibility index (Phi) is 3.82. The molecule has 1 aliphatic rings. The normalized spacial score (nSPS) is 18.8. The number of unbranched alkanes of at least 4 members (excludes halogenated alkanes) is 1. The Morgan fingerprint density at radius 2 is 2.41 bits per heavy atom. The van der Waals surface area contributed by atoms with Crippen molar-refractivity contribution in [3.63, 3.8) is 0 Å². The van der Waals surface area contributed by atoms with Gasteiger partial charge < -0.3 is 4.52 Å². The Hall–Kier alpha value is -1.32. The maximum Gasteiger partial charge on any atom is 0.234 e. The average Bonchev–Trinajstić information content (AvgIpc) is 2.69. The van der Waals surface area contributed by atoms with Crippen molar-refractivity contribution in [3.05, 3.63) is 11.3 Å². The van der Waals surface area contributed by atoms with E-state index in [4.69, 9.17) is 4.52 Å². The van der Waals surface area contributed by atoms with Crippen molar-refractivity contribution in [3.8, 4) is 0 Å². The molecule has 4 nitrogen and oxygen atoms in total. The van der Waals surface area contributed by atoms with E-state index in [1.54, 1.807) is 0 Å². The first-order valence-electron chi connectivity index (χ1n) is 6.48. The Morgan fingerprint density at radius 3 is 3.18 bits per heavy atom. The van der Waals surface area contributed by atoms with Crippen LogP contribution in [-0.4, -0.2) is 11.1 Å². The highest BCUT2D eigenvalue weighted by molar-refractivity contribution is 5.90. The SMILES string of the molecule is CCCCC(=O)Nc1onc2c1C[C@H](C)CC2. The molecule has 1 aromatic heterocycles. The van der Waals surface area contributed by atoms with Crippen molar-refractivity contribution in [2.24, 2.45) is 5.92 Å². The van der Waals surface area contributed by atoms with E-state index in [0.717, 1.165) is 43.4 Å². The zero-order valence-corrected chi connectivity index (χ0v) is 10.6. The van der Waals surface area contributed by atoms with Crippen molar-refractivity contribution >= 4 is 11.8 Å². The second-order valence-electron chi connectivity index (χ2n) is 4.94. The Balaban J connectivity index is 2.02. The van der Waals surface area contributed by atoms with Gasteiger partial charge in [0.1, 0.15) is 0 Å². The fourth-order valence-corrected chi connectivity index (χ4v) is 2.21. The van der Waals surface area contributed by atoms with Gasteiger partial charge >= 0.3 is 0 Å². The van der Waals surface area contributed by atoms with E-state index >= 15 is 0 Å². The minimum absolute atomic E-state index is 0.0315. The van der Waals surface area contributed by atoms with E-state index in [-0.39, 0.29) is 5.91 Å². The number of aryl methyl sites for hydroxylation is 1. The minimum atomic E-state index is 0.0315. The molecule has 1 heterocycles. The fraction of sp³-hybridized carbons (Fsp3) is 0.692. The molecule has 94 valence electrons. The minimum Gasteiger partial charge on any atom is -0.338 e. The van der Waals surface area contributed by atoms with Crippen LogP contribution in [0.25, 0.3) is 0 Å². The Morgan fingerprint density at radius 1 is 1.59 bits per heavy atom. The Labute approximate surface area is 102 Å². The second kappa shape index (κ2) is 5.34. The van der Waals surface area contributed by atoms with Gasteiger partial charge in [-0.3, -0.25) is 10.1 Å². The van der Waals surface area contributed by atoms with Gasteiger partial charge in [-0.2, -0.15) is 0 Å². The van der Waals surface area contributed by atoms with Gasteiger partial charge in [0.2, 0.25) is 11.8 Å². The molecule has 0 saturated heterocycles. The molecule has 0 radical (unpaired) electrons. The summed E-state index contributed by atoms with van der Waals surface area (Å²) in [5, 5.41) is 6.87. The van der Waals surface area contributed by atoms with Crippen LogP contribution in [0.4, 0.5) is 5.88 Å². The predicted octanol–water partition coefficient (Wildman–Crippen LogP) is 2.93. The molecule has 0 fully saturated rings. The van der Waals surface area contributed by atoms with E-state index in [0.29, 0.717) is 18.2 Å². The van der Waals surface area contributed by atoms with E-state index in [1.165, 1.54) is 0 Å². The lowest BCUT2D eigenvalue weighted by molar-refractivity contribution is -0.116. The van der Waals surface area contributed by atoms with Crippen LogP contribution in [0.3, 0.4) is 0 Å². The number of fused-ring (bicyclic) bond motifs is 1. The number of carbonyl (C=O) groups excluding carboxylic acids is 1. The van der Waals surface area contributed by atoms with Crippen molar-refractivity contribution in [1.29, 1.82) is 0 Å². The molecule has 1 aromatic rings. The molecule has 0 saturated carbocycles. The second-order valence-corrected chi connectivity index (χ2v) is 4.94. The zero-order chi connectivity index (χ0) is 12.3. The lowest BCUT2D eigenvalue weighted by atomic mass is 9.89. The molecular weight excluding hydrogens is 216 g/mol. The van der Waals surface area contributed by atoms with Crippen LogP contribution in [0.2, 0.25) is 0 Å². The van der Waals surface area contributed by atoms with E-state index in [2.05, 4.69) is 24.3 Å². The highest BCUT2D eigenvalue weighted by Crippen LogP contribution is 2.30. The topological polar surface area (TPSA) is 55.1 Å². The third kappa shape index (κ3) is 2.87. The quantitative estimate of drug-likeness (QED) is 0.874. The molecule has 0 aromatic carbocycles. The summed E-state index contributed by atoms with van der Waals surface area (Å²) in [6, 6.07) is 0. The largest absolute Gasteiger partial charge is 0.338 e. The standard InChI is InChI=1S/C13H20N2O2/c1-3-4-5-12(16)14-13-10-8-9(2)6-7-11(10)15-17-13/h9H,3-8H2,1-2H3,(H,14,16)/t9-/m1/s1. The number of anilines is 1. The molecule has 0 bridgehead atoms. The fourth-order valence-electron chi connectivity index (χ4n) is 2.21. The molecule has 0 unspecified atom stereocenters. The molecule has 4 heteroatoms. The van der Waals surface area contributed by atoms with Gasteiger partial charge in [-0.15, -0.1) is 0 Å². The van der Waals surface area contributed by atoms with Crippen LogP contribution < -0.4 is 5.32 Å². The van der Waals surface area contributed by atoms with E-state index in [9.17, 15) is 4.79 Å². The van der Waals surface area contributed by atoms with E-state index in [1.807, 2.05) is 0 Å². The van der Waals surface area contributed by atoms with E-state index < -0.39 is 0 Å². The summed E-state index contributed by atoms with van der Waals surface area (Å²) in [6.45, 7) is 4.30. The molecule has 1 amide bonds. The van der Waals surface area contributed by atoms with Crippen molar-refractivity contribution < 1.29 is 9.32 Å². The average molecular weight is 236 g/mol. The smallest absolute Gasteiger partial charge is 0.234 e. The first kappa shape index (κ1) is 12.1. The summed E-state index contributed by atoms with van der Waals surface area (Å²) >= 11 is 0. The molecule has 1 atom stereocenters. The van der Waals surface area contributed by atoms with Crippen LogP contribution >= 0.6 is 0 Å². The number of rotatable bonds is 4. The van der Waals surface area contributed by atoms with Crippen molar-refractivity contribution in [2.75, 3.05) is 5.32 Å².